The maximum Gasteiger partial charge on any atom is 0.221 e. The highest BCUT2D eigenvalue weighted by molar-refractivity contribution is 5.91. The van der Waals surface area contributed by atoms with Gasteiger partial charge in [-0.1, -0.05) is 6.07 Å². The van der Waals surface area contributed by atoms with Crippen molar-refractivity contribution in [3.05, 3.63) is 48.5 Å². The monoisotopic (exact) mass is 320 g/mol. The highest BCUT2D eigenvalue weighted by Gasteiger charge is 2.12. The van der Waals surface area contributed by atoms with E-state index in [-0.39, 0.29) is 12.3 Å². The number of imidazole rings is 1. The number of fused-ring (bicyclic) bond motifs is 2. The largest absolute Gasteiger partial charge is 0.370 e. The van der Waals surface area contributed by atoms with E-state index in [0.29, 0.717) is 0 Å². The van der Waals surface area contributed by atoms with Gasteiger partial charge in [-0.25, -0.2) is 9.97 Å². The van der Waals surface area contributed by atoms with Gasteiger partial charge >= 0.3 is 0 Å². The molecule has 0 aliphatic carbocycles. The molecule has 7 nitrogen and oxygen atoms in total. The molecule has 0 saturated carbocycles. The van der Waals surface area contributed by atoms with E-state index in [2.05, 4.69) is 20.3 Å². The van der Waals surface area contributed by atoms with Crippen molar-refractivity contribution in [2.45, 2.75) is 6.42 Å². The van der Waals surface area contributed by atoms with Crippen LogP contribution in [0.4, 0.5) is 5.82 Å². The Balaban J connectivity index is 1.89. The number of benzene rings is 1. The van der Waals surface area contributed by atoms with Crippen molar-refractivity contribution in [2.24, 2.45) is 5.73 Å². The van der Waals surface area contributed by atoms with Gasteiger partial charge in [0.05, 0.1) is 18.3 Å². The molecule has 0 unspecified atom stereocenters. The van der Waals surface area contributed by atoms with Crippen LogP contribution in [0.3, 0.4) is 0 Å². The third-order valence-corrected chi connectivity index (χ3v) is 4.09. The highest BCUT2D eigenvalue weighted by Crippen LogP contribution is 2.28. The predicted octanol–water partition coefficient (Wildman–Crippen LogP) is 1.95. The molecule has 0 saturated heterocycles. The number of nitrogens with one attached hydrogen (secondary N) is 2. The van der Waals surface area contributed by atoms with E-state index in [1.54, 1.807) is 6.20 Å². The van der Waals surface area contributed by atoms with Crippen molar-refractivity contribution >= 4 is 28.3 Å². The van der Waals surface area contributed by atoms with Crippen LogP contribution in [-0.4, -0.2) is 32.3 Å². The number of nitrogens with two attached hydrogens (primary N) is 1. The Morgan fingerprint density at radius 2 is 2.25 bits per heavy atom. The van der Waals surface area contributed by atoms with Crippen molar-refractivity contribution in [3.8, 4) is 11.3 Å². The number of hydrogen-bond donors (Lipinski definition) is 3. The molecule has 120 valence electrons. The standard InChI is InChI=1S/C17H16N6O/c1-19-16-17-22-9-14(23(17)5-4-20-16)10-2-3-13-12(6-10)11(8-21-13)7-15(18)24/h2-6,8-9,21H,7H2,1H3,(H2,18,24)(H,19,20). The number of H-pyrrole nitrogens is 1. The van der Waals surface area contributed by atoms with E-state index in [4.69, 9.17) is 5.73 Å². The first kappa shape index (κ1) is 14.3. The van der Waals surface area contributed by atoms with Gasteiger partial charge in [-0.2, -0.15) is 0 Å². The molecule has 3 aromatic heterocycles. The lowest BCUT2D eigenvalue weighted by molar-refractivity contribution is -0.117. The quantitative estimate of drug-likeness (QED) is 0.535. The van der Waals surface area contributed by atoms with Crippen LogP contribution < -0.4 is 11.1 Å². The first-order chi connectivity index (χ1) is 11.7. The molecule has 0 aliphatic rings. The summed E-state index contributed by atoms with van der Waals surface area (Å²) in [4.78, 5) is 23.2. The second-order valence-corrected chi connectivity index (χ2v) is 5.58. The minimum Gasteiger partial charge on any atom is -0.370 e. The van der Waals surface area contributed by atoms with Gasteiger partial charge in [0.1, 0.15) is 0 Å². The third-order valence-electron chi connectivity index (χ3n) is 4.09. The zero-order valence-corrected chi connectivity index (χ0v) is 13.1. The lowest BCUT2D eigenvalue weighted by atomic mass is 10.1. The van der Waals surface area contributed by atoms with Crippen LogP contribution in [0, 0.1) is 0 Å². The van der Waals surface area contributed by atoms with Crippen LogP contribution in [0.5, 0.6) is 0 Å². The summed E-state index contributed by atoms with van der Waals surface area (Å²) in [5.74, 6) is 0.377. The summed E-state index contributed by atoms with van der Waals surface area (Å²) in [6.45, 7) is 0. The van der Waals surface area contributed by atoms with Gasteiger partial charge in [0.2, 0.25) is 5.91 Å². The molecule has 4 aromatic rings. The Morgan fingerprint density at radius 1 is 1.38 bits per heavy atom. The van der Waals surface area contributed by atoms with Crippen molar-refractivity contribution in [1.82, 2.24) is 19.4 Å². The van der Waals surface area contributed by atoms with Gasteiger partial charge in [0, 0.05) is 42.1 Å². The first-order valence-corrected chi connectivity index (χ1v) is 7.56. The summed E-state index contributed by atoms with van der Waals surface area (Å²) in [5, 5.41) is 4.03. The Bertz CT molecular complexity index is 1060. The Hall–Kier alpha value is -3.35. The molecule has 24 heavy (non-hydrogen) atoms. The topological polar surface area (TPSA) is 101 Å². The number of amides is 1. The summed E-state index contributed by atoms with van der Waals surface area (Å²) in [7, 11) is 1.82. The fourth-order valence-electron chi connectivity index (χ4n) is 2.98. The number of aromatic amines is 1. The zero-order valence-electron chi connectivity index (χ0n) is 13.1. The van der Waals surface area contributed by atoms with Crippen LogP contribution in [0.2, 0.25) is 0 Å². The number of rotatable bonds is 4. The Kier molecular flexibility index (Phi) is 3.19. The second kappa shape index (κ2) is 5.38. The van der Waals surface area contributed by atoms with Crippen LogP contribution in [-0.2, 0) is 11.2 Å². The van der Waals surface area contributed by atoms with Gasteiger partial charge in [-0.05, 0) is 17.7 Å². The minimum atomic E-state index is -0.346. The normalized spacial score (nSPS) is 11.2. The lowest BCUT2D eigenvalue weighted by Crippen LogP contribution is -2.13. The molecule has 7 heteroatoms. The summed E-state index contributed by atoms with van der Waals surface area (Å²) in [5.41, 5.74) is 9.93. The van der Waals surface area contributed by atoms with E-state index in [1.807, 2.05) is 48.2 Å². The molecule has 0 atom stereocenters. The number of hydrogen-bond acceptors (Lipinski definition) is 4. The highest BCUT2D eigenvalue weighted by atomic mass is 16.1. The van der Waals surface area contributed by atoms with Crippen LogP contribution >= 0.6 is 0 Å². The molecule has 3 heterocycles. The maximum atomic E-state index is 11.2. The first-order valence-electron chi connectivity index (χ1n) is 7.56. The zero-order chi connectivity index (χ0) is 16.7. The molecule has 1 aromatic carbocycles. The van der Waals surface area contributed by atoms with Gasteiger partial charge in [-0.3, -0.25) is 9.20 Å². The van der Waals surface area contributed by atoms with Crippen LogP contribution in [0.15, 0.2) is 43.0 Å². The number of nitrogens with zero attached hydrogens (tertiary/aromatic N) is 3. The fraction of sp³-hybridized carbons (Fsp3) is 0.118. The van der Waals surface area contributed by atoms with Gasteiger partial charge in [0.25, 0.3) is 0 Å². The molecular formula is C17H16N6O. The van der Waals surface area contributed by atoms with E-state index in [9.17, 15) is 4.79 Å². The summed E-state index contributed by atoms with van der Waals surface area (Å²) in [6.07, 6.45) is 7.47. The van der Waals surface area contributed by atoms with E-state index in [0.717, 1.165) is 39.2 Å². The SMILES string of the molecule is CNc1nccn2c(-c3ccc4[nH]cc(CC(N)=O)c4c3)cnc12. The lowest BCUT2D eigenvalue weighted by Gasteiger charge is -2.05. The second-order valence-electron chi connectivity index (χ2n) is 5.58. The third kappa shape index (κ3) is 2.18. The molecule has 0 fully saturated rings. The Labute approximate surface area is 137 Å². The maximum absolute atomic E-state index is 11.2. The Morgan fingerprint density at radius 3 is 3.04 bits per heavy atom. The molecule has 0 aliphatic heterocycles. The van der Waals surface area contributed by atoms with E-state index in [1.165, 1.54) is 0 Å². The number of carbonyl (C=O) groups is 1. The van der Waals surface area contributed by atoms with E-state index >= 15 is 0 Å². The van der Waals surface area contributed by atoms with Crippen molar-refractivity contribution < 1.29 is 4.79 Å². The van der Waals surface area contributed by atoms with Gasteiger partial charge in [-0.15, -0.1) is 0 Å². The molecule has 1 amide bonds. The average Bonchev–Trinajstić information content (AvgIpc) is 3.18. The van der Waals surface area contributed by atoms with Gasteiger partial charge < -0.3 is 16.0 Å². The van der Waals surface area contributed by atoms with E-state index < -0.39 is 0 Å². The smallest absolute Gasteiger partial charge is 0.221 e. The van der Waals surface area contributed by atoms with Crippen LogP contribution in [0.25, 0.3) is 27.8 Å². The summed E-state index contributed by atoms with van der Waals surface area (Å²) >= 11 is 0. The van der Waals surface area contributed by atoms with Crippen molar-refractivity contribution in [1.29, 1.82) is 0 Å². The number of carbonyl (C=O) groups excluding carboxylic acids is 1. The fourth-order valence-corrected chi connectivity index (χ4v) is 2.98. The average molecular weight is 320 g/mol. The molecule has 0 bridgehead atoms. The number of anilines is 1. The number of primary amides is 1. The predicted molar refractivity (Wildman–Crippen MR) is 92.7 cm³/mol. The van der Waals surface area contributed by atoms with Crippen molar-refractivity contribution in [2.75, 3.05) is 12.4 Å². The molecule has 4 rings (SSSR count). The molecule has 0 radical (unpaired) electrons. The number of aromatic nitrogens is 4. The molecule has 0 spiro atoms. The molecule has 4 N–H and O–H groups in total. The van der Waals surface area contributed by atoms with Crippen molar-refractivity contribution in [3.63, 3.8) is 0 Å². The van der Waals surface area contributed by atoms with Gasteiger partial charge in [0.15, 0.2) is 11.5 Å². The van der Waals surface area contributed by atoms with Crippen LogP contribution in [0.1, 0.15) is 5.56 Å². The minimum absolute atomic E-state index is 0.213. The summed E-state index contributed by atoms with van der Waals surface area (Å²) in [6, 6.07) is 6.07. The summed E-state index contributed by atoms with van der Waals surface area (Å²) < 4.78 is 1.99. The molecular weight excluding hydrogens is 304 g/mol.